The molecule has 0 saturated carbocycles. The number of barbiturate groups is 1. The molecule has 4 amide bonds. The quantitative estimate of drug-likeness (QED) is 0.407. The van der Waals surface area contributed by atoms with Gasteiger partial charge in [-0.2, -0.15) is 0 Å². The van der Waals surface area contributed by atoms with Gasteiger partial charge in [0.25, 0.3) is 11.8 Å². The van der Waals surface area contributed by atoms with Crippen LogP contribution in [-0.2, 0) is 16.2 Å². The maximum absolute atomic E-state index is 13.0. The predicted molar refractivity (Wildman–Crippen MR) is 120 cm³/mol. The normalized spacial score (nSPS) is 15.1. The first kappa shape index (κ1) is 21.5. The molecule has 3 aromatic rings. The lowest BCUT2D eigenvalue weighted by Gasteiger charge is -2.26. The van der Waals surface area contributed by atoms with E-state index in [1.807, 2.05) is 0 Å². The van der Waals surface area contributed by atoms with Crippen LogP contribution in [0.25, 0.3) is 6.08 Å². The molecule has 0 radical (unpaired) electrons. The van der Waals surface area contributed by atoms with E-state index >= 15 is 0 Å². The van der Waals surface area contributed by atoms with Gasteiger partial charge in [0, 0.05) is 0 Å². The molecular formula is C24H16BrFN2O4. The number of benzene rings is 3. The van der Waals surface area contributed by atoms with Gasteiger partial charge in [0.1, 0.15) is 23.7 Å². The van der Waals surface area contributed by atoms with E-state index in [1.54, 1.807) is 60.7 Å². The van der Waals surface area contributed by atoms with Gasteiger partial charge in [0.2, 0.25) is 0 Å². The highest BCUT2D eigenvalue weighted by molar-refractivity contribution is 9.10. The van der Waals surface area contributed by atoms with Gasteiger partial charge in [-0.25, -0.2) is 14.1 Å². The molecule has 8 heteroatoms. The third-order valence-electron chi connectivity index (χ3n) is 4.69. The molecule has 4 rings (SSSR count). The number of ether oxygens (including phenoxy) is 1. The molecule has 160 valence electrons. The highest BCUT2D eigenvalue weighted by Crippen LogP contribution is 2.29. The Bertz CT molecular complexity index is 1230. The number of carbonyl (C=O) groups excluding carboxylic acids is 3. The number of para-hydroxylation sites is 1. The Labute approximate surface area is 191 Å². The fraction of sp³-hybridized carbons (Fsp3) is 0.0417. The average Bonchev–Trinajstić information content (AvgIpc) is 2.78. The molecule has 0 atom stereocenters. The van der Waals surface area contributed by atoms with E-state index in [4.69, 9.17) is 4.74 Å². The third kappa shape index (κ3) is 4.60. The van der Waals surface area contributed by atoms with Gasteiger partial charge in [0.15, 0.2) is 0 Å². The number of amides is 4. The lowest BCUT2D eigenvalue weighted by molar-refractivity contribution is -0.122. The lowest BCUT2D eigenvalue weighted by Crippen LogP contribution is -2.54. The number of nitrogens with zero attached hydrogens (tertiary/aromatic N) is 1. The van der Waals surface area contributed by atoms with Crippen LogP contribution in [-0.4, -0.2) is 17.8 Å². The average molecular weight is 495 g/mol. The molecule has 1 aliphatic rings. The highest BCUT2D eigenvalue weighted by atomic mass is 79.9. The smallest absolute Gasteiger partial charge is 0.335 e. The fourth-order valence-electron chi connectivity index (χ4n) is 3.10. The lowest BCUT2D eigenvalue weighted by atomic mass is 10.1. The van der Waals surface area contributed by atoms with E-state index in [0.717, 1.165) is 10.5 Å². The maximum Gasteiger partial charge on any atom is 0.335 e. The summed E-state index contributed by atoms with van der Waals surface area (Å²) in [4.78, 5) is 38.4. The standard InChI is InChI=1S/C24H16BrFN2O4/c25-20-13-16(8-11-21(20)32-14-15-6-9-17(26)10-7-15)12-19-22(29)27-24(31)28(23(19)30)18-4-2-1-3-5-18/h1-13H,14H2,(H,27,29,31)/b19-12+. The van der Waals surface area contributed by atoms with Crippen molar-refractivity contribution in [3.8, 4) is 5.75 Å². The topological polar surface area (TPSA) is 75.7 Å². The number of urea groups is 1. The molecule has 1 saturated heterocycles. The molecule has 1 aliphatic heterocycles. The van der Waals surface area contributed by atoms with Crippen LogP contribution in [0.3, 0.4) is 0 Å². The number of halogens is 2. The van der Waals surface area contributed by atoms with Gasteiger partial charge < -0.3 is 4.74 Å². The van der Waals surface area contributed by atoms with E-state index in [1.165, 1.54) is 18.2 Å². The van der Waals surface area contributed by atoms with Crippen LogP contribution in [0.4, 0.5) is 14.9 Å². The second kappa shape index (κ2) is 9.15. The first-order valence-corrected chi connectivity index (χ1v) is 10.3. The number of hydrogen-bond donors (Lipinski definition) is 1. The molecule has 0 aliphatic carbocycles. The van der Waals surface area contributed by atoms with Gasteiger partial charge >= 0.3 is 6.03 Å². The molecule has 32 heavy (non-hydrogen) atoms. The number of imide groups is 2. The Morgan fingerprint density at radius 2 is 1.69 bits per heavy atom. The summed E-state index contributed by atoms with van der Waals surface area (Å²) in [5, 5.41) is 2.19. The minimum atomic E-state index is -0.797. The van der Waals surface area contributed by atoms with Crippen molar-refractivity contribution in [2.75, 3.05) is 4.90 Å². The van der Waals surface area contributed by atoms with E-state index in [2.05, 4.69) is 21.2 Å². The van der Waals surface area contributed by atoms with Crippen molar-refractivity contribution in [1.29, 1.82) is 0 Å². The summed E-state index contributed by atoms with van der Waals surface area (Å²) in [6, 6.07) is 18.6. The molecule has 1 heterocycles. The van der Waals surface area contributed by atoms with E-state index in [-0.39, 0.29) is 18.0 Å². The minimum absolute atomic E-state index is 0.166. The SMILES string of the molecule is O=C1NC(=O)N(c2ccccc2)C(=O)/C1=C/c1ccc(OCc2ccc(F)cc2)c(Br)c1. The molecule has 6 nitrogen and oxygen atoms in total. The summed E-state index contributed by atoms with van der Waals surface area (Å²) in [5.74, 6) is -1.25. The number of rotatable bonds is 5. The Morgan fingerprint density at radius 1 is 0.969 bits per heavy atom. The summed E-state index contributed by atoms with van der Waals surface area (Å²) in [6.07, 6.45) is 1.41. The van der Waals surface area contributed by atoms with Crippen LogP contribution in [0.15, 0.2) is 82.8 Å². The molecule has 0 bridgehead atoms. The Kier molecular flexibility index (Phi) is 6.13. The summed E-state index contributed by atoms with van der Waals surface area (Å²) in [6.45, 7) is 0.244. The predicted octanol–water partition coefficient (Wildman–Crippen LogP) is 4.83. The number of carbonyl (C=O) groups is 3. The van der Waals surface area contributed by atoms with Crippen LogP contribution < -0.4 is 15.0 Å². The molecule has 0 spiro atoms. The summed E-state index contributed by atoms with van der Waals surface area (Å²) < 4.78 is 19.4. The van der Waals surface area contributed by atoms with Crippen molar-refractivity contribution in [2.24, 2.45) is 0 Å². The van der Waals surface area contributed by atoms with Crippen molar-refractivity contribution in [2.45, 2.75) is 6.61 Å². The number of hydrogen-bond acceptors (Lipinski definition) is 4. The second-order valence-corrected chi connectivity index (χ2v) is 7.75. The van der Waals surface area contributed by atoms with Crippen molar-refractivity contribution >= 4 is 45.5 Å². The monoisotopic (exact) mass is 494 g/mol. The molecule has 0 aromatic heterocycles. The molecule has 1 fully saturated rings. The summed E-state index contributed by atoms with van der Waals surface area (Å²) in [7, 11) is 0. The highest BCUT2D eigenvalue weighted by Gasteiger charge is 2.36. The van der Waals surface area contributed by atoms with Crippen LogP contribution >= 0.6 is 15.9 Å². The zero-order valence-electron chi connectivity index (χ0n) is 16.5. The third-order valence-corrected chi connectivity index (χ3v) is 5.31. The summed E-state index contributed by atoms with van der Waals surface area (Å²) >= 11 is 3.42. The van der Waals surface area contributed by atoms with Crippen LogP contribution in [0.2, 0.25) is 0 Å². The molecule has 0 unspecified atom stereocenters. The fourth-order valence-corrected chi connectivity index (χ4v) is 3.61. The first-order chi connectivity index (χ1) is 15.4. The number of nitrogens with one attached hydrogen (secondary N) is 1. The maximum atomic E-state index is 13.0. The van der Waals surface area contributed by atoms with Crippen molar-refractivity contribution in [1.82, 2.24) is 5.32 Å². The van der Waals surface area contributed by atoms with E-state index in [9.17, 15) is 18.8 Å². The Hall–Kier alpha value is -3.78. The van der Waals surface area contributed by atoms with Crippen LogP contribution in [0.5, 0.6) is 5.75 Å². The second-order valence-electron chi connectivity index (χ2n) is 6.90. The molecular weight excluding hydrogens is 479 g/mol. The van der Waals surface area contributed by atoms with Gasteiger partial charge in [-0.3, -0.25) is 14.9 Å². The van der Waals surface area contributed by atoms with Crippen molar-refractivity contribution < 1.29 is 23.5 Å². The Balaban J connectivity index is 1.55. The minimum Gasteiger partial charge on any atom is -0.488 e. The number of anilines is 1. The van der Waals surface area contributed by atoms with Gasteiger partial charge in [-0.1, -0.05) is 36.4 Å². The van der Waals surface area contributed by atoms with Crippen molar-refractivity contribution in [3.63, 3.8) is 0 Å². The van der Waals surface area contributed by atoms with Gasteiger partial charge in [-0.15, -0.1) is 0 Å². The molecule has 1 N–H and O–H groups in total. The molecule has 3 aromatic carbocycles. The van der Waals surface area contributed by atoms with Gasteiger partial charge in [-0.05, 0) is 69.5 Å². The van der Waals surface area contributed by atoms with Gasteiger partial charge in [0.05, 0.1) is 10.2 Å². The van der Waals surface area contributed by atoms with E-state index in [0.29, 0.717) is 21.5 Å². The van der Waals surface area contributed by atoms with Crippen LogP contribution in [0.1, 0.15) is 11.1 Å². The first-order valence-electron chi connectivity index (χ1n) is 9.55. The van der Waals surface area contributed by atoms with Crippen LogP contribution in [0, 0.1) is 5.82 Å². The zero-order valence-corrected chi connectivity index (χ0v) is 18.1. The Morgan fingerprint density at radius 3 is 2.38 bits per heavy atom. The van der Waals surface area contributed by atoms with E-state index < -0.39 is 17.8 Å². The largest absolute Gasteiger partial charge is 0.488 e. The van der Waals surface area contributed by atoms with Crippen molar-refractivity contribution in [3.05, 3.63) is 99.8 Å². The summed E-state index contributed by atoms with van der Waals surface area (Å²) in [5.41, 5.74) is 1.56. The zero-order chi connectivity index (χ0) is 22.7.